The first-order chi connectivity index (χ1) is 13.1. The van der Waals surface area contributed by atoms with Gasteiger partial charge in [0.1, 0.15) is 0 Å². The Morgan fingerprint density at radius 3 is 1.96 bits per heavy atom. The molecule has 10 nitrogen and oxygen atoms in total. The maximum absolute atomic E-state index is 13.0. The number of hydrogen-bond acceptors (Lipinski definition) is 8. The number of nitrogens with zero attached hydrogens (tertiary/aromatic N) is 7. The first-order valence-electron chi connectivity index (χ1n) is 8.67. The number of nitrogens with one attached hydrogen (secondary N) is 1. The zero-order chi connectivity index (χ0) is 20.6. The van der Waals surface area contributed by atoms with Crippen LogP contribution >= 0.6 is 0 Å². The Labute approximate surface area is 165 Å². The lowest BCUT2D eigenvalue weighted by Crippen LogP contribution is -2.38. The van der Waals surface area contributed by atoms with Gasteiger partial charge in [-0.05, 0) is 19.1 Å². The smallest absolute Gasteiger partial charge is 0.266 e. The molecule has 0 aliphatic carbocycles. The van der Waals surface area contributed by atoms with Crippen molar-refractivity contribution < 1.29 is 8.42 Å². The second kappa shape index (κ2) is 7.23. The number of guanidine groups is 1. The Morgan fingerprint density at radius 1 is 0.929 bits per heavy atom. The maximum atomic E-state index is 13.0. The number of aromatic nitrogens is 3. The topological polar surface area (TPSA) is 110 Å². The van der Waals surface area contributed by atoms with Gasteiger partial charge in [0, 0.05) is 34.7 Å². The van der Waals surface area contributed by atoms with Gasteiger partial charge in [0.05, 0.1) is 11.4 Å². The van der Waals surface area contributed by atoms with Gasteiger partial charge in [-0.2, -0.15) is 15.0 Å². The van der Waals surface area contributed by atoms with Crippen LogP contribution in [0, 0.1) is 12.3 Å². The predicted octanol–water partition coefficient (Wildman–Crippen LogP) is 0.758. The molecule has 1 aromatic heterocycles. The summed E-state index contributed by atoms with van der Waals surface area (Å²) in [5, 5.41) is 8.45. The average Bonchev–Trinajstić information content (AvgIpc) is 3.03. The number of anilines is 3. The van der Waals surface area contributed by atoms with Crippen LogP contribution in [0.5, 0.6) is 0 Å². The molecule has 28 heavy (non-hydrogen) atoms. The lowest BCUT2D eigenvalue weighted by Gasteiger charge is -2.22. The quantitative estimate of drug-likeness (QED) is 0.778. The highest BCUT2D eigenvalue weighted by molar-refractivity contribution is 7.89. The molecule has 1 aromatic carbocycles. The van der Waals surface area contributed by atoms with Crippen LogP contribution in [0.3, 0.4) is 0 Å². The minimum absolute atomic E-state index is 0.148. The van der Waals surface area contributed by atoms with Crippen LogP contribution in [0.4, 0.5) is 17.8 Å². The second-order valence-electron chi connectivity index (χ2n) is 6.89. The summed E-state index contributed by atoms with van der Waals surface area (Å²) in [6.07, 6.45) is 0. The van der Waals surface area contributed by atoms with E-state index in [-0.39, 0.29) is 29.9 Å². The van der Waals surface area contributed by atoms with Gasteiger partial charge in [-0.1, -0.05) is 17.7 Å². The standard InChI is InChI=1S/C17H24N8O2S/c1-12-6-8-13(9-7-12)28(26,27)25-11-10-24(14(25)18)17-20-15(22(2)3)19-16(21-17)23(4)5/h6-9,18H,10-11H2,1-5H3. The van der Waals surface area contributed by atoms with Gasteiger partial charge in [-0.15, -0.1) is 0 Å². The maximum Gasteiger partial charge on any atom is 0.266 e. The first-order valence-corrected chi connectivity index (χ1v) is 10.1. The van der Waals surface area contributed by atoms with E-state index in [4.69, 9.17) is 5.41 Å². The van der Waals surface area contributed by atoms with Gasteiger partial charge in [0.2, 0.25) is 23.8 Å². The Bertz CT molecular complexity index is 962. The van der Waals surface area contributed by atoms with Gasteiger partial charge in [0.15, 0.2) is 0 Å². The van der Waals surface area contributed by atoms with E-state index in [9.17, 15) is 8.42 Å². The fraction of sp³-hybridized carbons (Fsp3) is 0.412. The number of sulfonamides is 1. The lowest BCUT2D eigenvalue weighted by atomic mass is 10.2. The molecule has 1 fully saturated rings. The highest BCUT2D eigenvalue weighted by Gasteiger charge is 2.37. The molecule has 2 heterocycles. The summed E-state index contributed by atoms with van der Waals surface area (Å²) >= 11 is 0. The molecule has 0 saturated carbocycles. The largest absolute Gasteiger partial charge is 0.347 e. The number of aryl methyl sites for hydroxylation is 1. The van der Waals surface area contributed by atoms with Crippen molar-refractivity contribution in [2.45, 2.75) is 11.8 Å². The minimum atomic E-state index is -3.82. The molecule has 1 saturated heterocycles. The van der Waals surface area contributed by atoms with E-state index in [1.807, 2.05) is 35.1 Å². The van der Waals surface area contributed by atoms with Crippen LogP contribution in [-0.4, -0.2) is 74.9 Å². The van der Waals surface area contributed by atoms with E-state index in [2.05, 4.69) is 15.0 Å². The Morgan fingerprint density at radius 2 is 1.46 bits per heavy atom. The number of rotatable bonds is 5. The van der Waals surface area contributed by atoms with E-state index in [1.54, 1.807) is 34.1 Å². The number of benzene rings is 1. The summed E-state index contributed by atoms with van der Waals surface area (Å²) in [4.78, 5) is 18.2. The molecule has 0 unspecified atom stereocenters. The summed E-state index contributed by atoms with van der Waals surface area (Å²) in [5.41, 5.74) is 0.967. The molecule has 0 spiro atoms. The minimum Gasteiger partial charge on any atom is -0.347 e. The molecule has 1 aliphatic rings. The molecule has 2 aromatic rings. The van der Waals surface area contributed by atoms with Crippen molar-refractivity contribution in [2.24, 2.45) is 0 Å². The molecule has 0 bridgehead atoms. The molecule has 0 atom stereocenters. The van der Waals surface area contributed by atoms with Gasteiger partial charge in [0.25, 0.3) is 10.0 Å². The Kier molecular flexibility index (Phi) is 5.11. The Balaban J connectivity index is 1.95. The summed E-state index contributed by atoms with van der Waals surface area (Å²) in [6.45, 7) is 2.32. The number of hydrogen-bond donors (Lipinski definition) is 1. The van der Waals surface area contributed by atoms with Crippen molar-refractivity contribution in [1.29, 1.82) is 5.41 Å². The van der Waals surface area contributed by atoms with Crippen LogP contribution in [0.15, 0.2) is 29.2 Å². The van der Waals surface area contributed by atoms with E-state index in [1.165, 1.54) is 4.90 Å². The van der Waals surface area contributed by atoms with Crippen molar-refractivity contribution in [3.05, 3.63) is 29.8 Å². The average molecular weight is 405 g/mol. The van der Waals surface area contributed by atoms with Crippen molar-refractivity contribution in [2.75, 3.05) is 56.0 Å². The van der Waals surface area contributed by atoms with Crippen LogP contribution in [-0.2, 0) is 10.0 Å². The SMILES string of the molecule is Cc1ccc(S(=O)(=O)N2CCN(c3nc(N(C)C)nc(N(C)C)n3)C2=N)cc1. The molecule has 0 radical (unpaired) electrons. The van der Waals surface area contributed by atoms with Crippen molar-refractivity contribution in [1.82, 2.24) is 19.3 Å². The normalized spacial score (nSPS) is 14.5. The van der Waals surface area contributed by atoms with Crippen LogP contribution in [0.2, 0.25) is 0 Å². The molecule has 3 rings (SSSR count). The molecular formula is C17H24N8O2S. The van der Waals surface area contributed by atoms with E-state index in [0.717, 1.165) is 9.87 Å². The lowest BCUT2D eigenvalue weighted by molar-refractivity contribution is 0.539. The summed E-state index contributed by atoms with van der Waals surface area (Å²) < 4.78 is 27.0. The molecule has 150 valence electrons. The van der Waals surface area contributed by atoms with Gasteiger partial charge >= 0.3 is 0 Å². The van der Waals surface area contributed by atoms with E-state index < -0.39 is 10.0 Å². The highest BCUT2D eigenvalue weighted by Crippen LogP contribution is 2.25. The molecule has 11 heteroatoms. The molecule has 1 N–H and O–H groups in total. The van der Waals surface area contributed by atoms with Gasteiger partial charge < -0.3 is 9.80 Å². The van der Waals surface area contributed by atoms with Crippen LogP contribution in [0.25, 0.3) is 0 Å². The van der Waals surface area contributed by atoms with Gasteiger partial charge in [-0.3, -0.25) is 10.3 Å². The first kappa shape index (κ1) is 19.8. The van der Waals surface area contributed by atoms with Crippen molar-refractivity contribution in [3.8, 4) is 0 Å². The fourth-order valence-corrected chi connectivity index (χ4v) is 4.05. The van der Waals surface area contributed by atoms with E-state index in [0.29, 0.717) is 11.9 Å². The zero-order valence-corrected chi connectivity index (χ0v) is 17.4. The van der Waals surface area contributed by atoms with Crippen molar-refractivity contribution in [3.63, 3.8) is 0 Å². The van der Waals surface area contributed by atoms with Gasteiger partial charge in [-0.25, -0.2) is 12.7 Å². The van der Waals surface area contributed by atoms with Crippen LogP contribution < -0.4 is 14.7 Å². The van der Waals surface area contributed by atoms with Crippen molar-refractivity contribution >= 4 is 33.8 Å². The third-order valence-corrected chi connectivity index (χ3v) is 6.07. The monoisotopic (exact) mass is 404 g/mol. The Hall–Kier alpha value is -2.95. The zero-order valence-electron chi connectivity index (χ0n) is 16.6. The summed E-state index contributed by atoms with van der Waals surface area (Å²) in [5.74, 6) is 0.929. The highest BCUT2D eigenvalue weighted by atomic mass is 32.2. The molecular weight excluding hydrogens is 380 g/mol. The predicted molar refractivity (Wildman–Crippen MR) is 109 cm³/mol. The molecule has 1 aliphatic heterocycles. The summed E-state index contributed by atoms with van der Waals surface area (Å²) in [7, 11) is 3.41. The third kappa shape index (κ3) is 3.57. The van der Waals surface area contributed by atoms with Crippen LogP contribution in [0.1, 0.15) is 5.56 Å². The van der Waals surface area contributed by atoms with E-state index >= 15 is 0 Å². The second-order valence-corrected chi connectivity index (χ2v) is 8.75. The summed E-state index contributed by atoms with van der Waals surface area (Å²) in [6, 6.07) is 6.59. The third-order valence-electron chi connectivity index (χ3n) is 4.27. The fourth-order valence-electron chi connectivity index (χ4n) is 2.67. The molecule has 0 amide bonds.